The molecule has 0 radical (unpaired) electrons. The number of hydrogen-bond acceptors (Lipinski definition) is 3. The Bertz CT molecular complexity index is 218. The molecule has 3 nitrogen and oxygen atoms in total. The maximum atomic E-state index is 9.03. The minimum Gasteiger partial charge on any atom is -0.396 e. The summed E-state index contributed by atoms with van der Waals surface area (Å²) in [5, 5.41) is 9.03. The van der Waals surface area contributed by atoms with E-state index >= 15 is 0 Å². The molecule has 2 aliphatic carbocycles. The van der Waals surface area contributed by atoms with Crippen LogP contribution in [0.2, 0.25) is 0 Å². The molecule has 0 spiro atoms. The maximum Gasteiger partial charge on any atom is 0.0586 e. The Morgan fingerprint density at radius 2 is 1.82 bits per heavy atom. The van der Waals surface area contributed by atoms with E-state index in [-0.39, 0.29) is 0 Å². The van der Waals surface area contributed by atoms with Crippen LogP contribution in [0.4, 0.5) is 0 Å². The standard InChI is InChI=1S/C14H27NO2/c1-17-14-8-3-7-13(11-14)15(9-4-10-16)12-5-2-6-12/h12-14,16H,2-11H2,1H3. The fourth-order valence-corrected chi connectivity index (χ4v) is 3.27. The zero-order chi connectivity index (χ0) is 12.1. The van der Waals surface area contributed by atoms with E-state index in [0.717, 1.165) is 19.0 Å². The Hall–Kier alpha value is -0.120. The highest BCUT2D eigenvalue weighted by Gasteiger charge is 2.33. The van der Waals surface area contributed by atoms with Gasteiger partial charge in [0.2, 0.25) is 0 Å². The van der Waals surface area contributed by atoms with Gasteiger partial charge in [0.15, 0.2) is 0 Å². The van der Waals surface area contributed by atoms with Crippen LogP contribution in [0.5, 0.6) is 0 Å². The fraction of sp³-hybridized carbons (Fsp3) is 1.00. The summed E-state index contributed by atoms with van der Waals surface area (Å²) < 4.78 is 5.53. The maximum absolute atomic E-state index is 9.03. The van der Waals surface area contributed by atoms with Gasteiger partial charge in [-0.2, -0.15) is 0 Å². The van der Waals surface area contributed by atoms with Gasteiger partial charge in [0.1, 0.15) is 0 Å². The Labute approximate surface area is 105 Å². The van der Waals surface area contributed by atoms with Crippen LogP contribution in [0.15, 0.2) is 0 Å². The average molecular weight is 241 g/mol. The molecule has 1 N–H and O–H groups in total. The van der Waals surface area contributed by atoms with Crippen LogP contribution >= 0.6 is 0 Å². The summed E-state index contributed by atoms with van der Waals surface area (Å²) in [6.07, 6.45) is 10.5. The first-order valence-electron chi connectivity index (χ1n) is 7.24. The van der Waals surface area contributed by atoms with E-state index in [1.165, 1.54) is 44.9 Å². The smallest absolute Gasteiger partial charge is 0.0586 e. The zero-order valence-corrected chi connectivity index (χ0v) is 11.1. The molecule has 0 heterocycles. The van der Waals surface area contributed by atoms with E-state index in [4.69, 9.17) is 9.84 Å². The number of hydrogen-bond donors (Lipinski definition) is 1. The lowest BCUT2D eigenvalue weighted by molar-refractivity contribution is -0.00279. The van der Waals surface area contributed by atoms with Crippen LogP contribution in [0.1, 0.15) is 51.4 Å². The Kier molecular flexibility index (Phi) is 5.26. The summed E-state index contributed by atoms with van der Waals surface area (Å²) in [7, 11) is 1.84. The van der Waals surface area contributed by atoms with Crippen molar-refractivity contribution in [3.8, 4) is 0 Å². The van der Waals surface area contributed by atoms with Gasteiger partial charge in [0, 0.05) is 32.3 Å². The Balaban J connectivity index is 1.88. The summed E-state index contributed by atoms with van der Waals surface area (Å²) in [6.45, 7) is 1.39. The van der Waals surface area contributed by atoms with E-state index < -0.39 is 0 Å². The number of aliphatic hydroxyl groups is 1. The van der Waals surface area contributed by atoms with Crippen molar-refractivity contribution in [2.75, 3.05) is 20.3 Å². The summed E-state index contributed by atoms with van der Waals surface area (Å²) >= 11 is 0. The molecule has 2 fully saturated rings. The van der Waals surface area contributed by atoms with Crippen molar-refractivity contribution in [3.05, 3.63) is 0 Å². The van der Waals surface area contributed by atoms with Gasteiger partial charge in [-0.05, 0) is 44.9 Å². The molecule has 0 aromatic carbocycles. The fourth-order valence-electron chi connectivity index (χ4n) is 3.27. The molecule has 100 valence electrons. The van der Waals surface area contributed by atoms with Crippen molar-refractivity contribution in [3.63, 3.8) is 0 Å². The molecule has 0 bridgehead atoms. The lowest BCUT2D eigenvalue weighted by atomic mass is 9.85. The van der Waals surface area contributed by atoms with Crippen molar-refractivity contribution >= 4 is 0 Å². The number of nitrogens with zero attached hydrogens (tertiary/aromatic N) is 1. The molecule has 2 saturated carbocycles. The molecule has 0 aromatic heterocycles. The molecule has 2 atom stereocenters. The first-order chi connectivity index (χ1) is 8.35. The van der Waals surface area contributed by atoms with Crippen molar-refractivity contribution in [1.82, 2.24) is 4.90 Å². The molecule has 3 heteroatoms. The third-order valence-electron chi connectivity index (χ3n) is 4.52. The molecule has 0 aromatic rings. The van der Waals surface area contributed by atoms with E-state index in [1.807, 2.05) is 7.11 Å². The highest BCUT2D eigenvalue weighted by molar-refractivity contribution is 4.88. The SMILES string of the molecule is COC1CCCC(N(CCCO)C2CCC2)C1. The van der Waals surface area contributed by atoms with Gasteiger partial charge in [-0.1, -0.05) is 6.42 Å². The van der Waals surface area contributed by atoms with E-state index in [2.05, 4.69) is 4.90 Å². The van der Waals surface area contributed by atoms with Crippen molar-refractivity contribution in [1.29, 1.82) is 0 Å². The van der Waals surface area contributed by atoms with Gasteiger partial charge < -0.3 is 9.84 Å². The second-order valence-corrected chi connectivity index (χ2v) is 5.58. The third-order valence-corrected chi connectivity index (χ3v) is 4.52. The first-order valence-corrected chi connectivity index (χ1v) is 7.24. The predicted octanol–water partition coefficient (Wildman–Crippen LogP) is 2.18. The van der Waals surface area contributed by atoms with Gasteiger partial charge in [-0.15, -0.1) is 0 Å². The third kappa shape index (κ3) is 3.43. The summed E-state index contributed by atoms with van der Waals surface area (Å²) in [4.78, 5) is 2.67. The van der Waals surface area contributed by atoms with Crippen LogP contribution in [-0.4, -0.2) is 48.5 Å². The number of rotatable bonds is 6. The topological polar surface area (TPSA) is 32.7 Å². The van der Waals surface area contributed by atoms with E-state index in [0.29, 0.717) is 18.8 Å². The lowest BCUT2D eigenvalue weighted by Crippen LogP contribution is -2.49. The summed E-state index contributed by atoms with van der Waals surface area (Å²) in [6, 6.07) is 1.49. The van der Waals surface area contributed by atoms with Gasteiger partial charge in [-0.3, -0.25) is 4.90 Å². The number of methoxy groups -OCH3 is 1. The second-order valence-electron chi connectivity index (χ2n) is 5.58. The number of aliphatic hydroxyl groups excluding tert-OH is 1. The van der Waals surface area contributed by atoms with Crippen LogP contribution in [-0.2, 0) is 4.74 Å². The largest absolute Gasteiger partial charge is 0.396 e. The molecule has 17 heavy (non-hydrogen) atoms. The molecule has 0 aliphatic heterocycles. The molecular weight excluding hydrogens is 214 g/mol. The molecule has 2 unspecified atom stereocenters. The first kappa shape index (κ1) is 13.3. The highest BCUT2D eigenvalue weighted by atomic mass is 16.5. The molecule has 2 aliphatic rings. The highest BCUT2D eigenvalue weighted by Crippen LogP contribution is 2.32. The molecular formula is C14H27NO2. The minimum absolute atomic E-state index is 0.323. The molecule has 0 saturated heterocycles. The van der Waals surface area contributed by atoms with Crippen LogP contribution < -0.4 is 0 Å². The molecule has 0 amide bonds. The summed E-state index contributed by atoms with van der Waals surface area (Å²) in [5.41, 5.74) is 0. The normalized spacial score (nSPS) is 30.5. The van der Waals surface area contributed by atoms with Gasteiger partial charge >= 0.3 is 0 Å². The second kappa shape index (κ2) is 6.72. The minimum atomic E-state index is 0.323. The van der Waals surface area contributed by atoms with Crippen LogP contribution in [0.3, 0.4) is 0 Å². The monoisotopic (exact) mass is 241 g/mol. The molecule has 2 rings (SSSR count). The summed E-state index contributed by atoms with van der Waals surface area (Å²) in [5.74, 6) is 0. The van der Waals surface area contributed by atoms with Crippen LogP contribution in [0.25, 0.3) is 0 Å². The quantitative estimate of drug-likeness (QED) is 0.773. The number of ether oxygens (including phenoxy) is 1. The predicted molar refractivity (Wildman–Crippen MR) is 69.1 cm³/mol. The Morgan fingerprint density at radius 3 is 2.41 bits per heavy atom. The van der Waals surface area contributed by atoms with Crippen molar-refractivity contribution < 1.29 is 9.84 Å². The van der Waals surface area contributed by atoms with E-state index in [1.54, 1.807) is 0 Å². The lowest BCUT2D eigenvalue weighted by Gasteiger charge is -2.45. The van der Waals surface area contributed by atoms with E-state index in [9.17, 15) is 0 Å². The Morgan fingerprint density at radius 1 is 1.12 bits per heavy atom. The van der Waals surface area contributed by atoms with Gasteiger partial charge in [0.05, 0.1) is 6.10 Å². The van der Waals surface area contributed by atoms with Crippen LogP contribution in [0, 0.1) is 0 Å². The van der Waals surface area contributed by atoms with Gasteiger partial charge in [0.25, 0.3) is 0 Å². The zero-order valence-electron chi connectivity index (χ0n) is 11.1. The average Bonchev–Trinajstić information content (AvgIpc) is 2.32. The van der Waals surface area contributed by atoms with Crippen molar-refractivity contribution in [2.24, 2.45) is 0 Å². The van der Waals surface area contributed by atoms with Crippen molar-refractivity contribution in [2.45, 2.75) is 69.6 Å². The van der Waals surface area contributed by atoms with Gasteiger partial charge in [-0.25, -0.2) is 0 Å².